The van der Waals surface area contributed by atoms with E-state index in [1.165, 1.54) is 4.90 Å². The zero-order chi connectivity index (χ0) is 25.8. The molecule has 0 unspecified atom stereocenters. The average molecular weight is 534 g/mol. The number of alkyl halides is 3. The van der Waals surface area contributed by atoms with Crippen LogP contribution in [0.3, 0.4) is 0 Å². The second kappa shape index (κ2) is 9.07. The second-order valence-electron chi connectivity index (χ2n) is 8.81. The number of carbonyl (C=O) groups is 1. The first-order valence-electron chi connectivity index (χ1n) is 11.2. The number of aromatic amines is 2. The van der Waals surface area contributed by atoms with Crippen LogP contribution in [0.25, 0.3) is 10.2 Å². The molecule has 1 aliphatic rings. The molecule has 0 saturated carbocycles. The SMILES string of the molecule is Cc1ccc(C)c(SCc2nc3sc(C(=O)N4CCc5[nH]nc(C(F)(F)F)c5C4)c(C)c3c(=O)[nH]2)c1. The Bertz CT molecular complexity index is 1550. The van der Waals surface area contributed by atoms with Crippen molar-refractivity contribution in [1.29, 1.82) is 0 Å². The van der Waals surface area contributed by atoms with Gasteiger partial charge in [0.1, 0.15) is 10.7 Å². The normalized spacial score (nSPS) is 13.9. The Morgan fingerprint density at radius 2 is 2.03 bits per heavy atom. The van der Waals surface area contributed by atoms with Gasteiger partial charge in [-0.2, -0.15) is 18.3 Å². The summed E-state index contributed by atoms with van der Waals surface area (Å²) in [7, 11) is 0. The molecule has 0 fully saturated rings. The Labute approximate surface area is 212 Å². The third kappa shape index (κ3) is 4.43. The molecule has 0 atom stereocenters. The molecule has 36 heavy (non-hydrogen) atoms. The Balaban J connectivity index is 1.42. The monoisotopic (exact) mass is 533 g/mol. The van der Waals surface area contributed by atoms with Crippen molar-refractivity contribution in [1.82, 2.24) is 25.1 Å². The summed E-state index contributed by atoms with van der Waals surface area (Å²) in [4.78, 5) is 36.9. The first-order valence-corrected chi connectivity index (χ1v) is 13.0. The van der Waals surface area contributed by atoms with Gasteiger partial charge in [0.2, 0.25) is 0 Å². The zero-order valence-electron chi connectivity index (χ0n) is 19.7. The number of thiophene rings is 1. The van der Waals surface area contributed by atoms with Gasteiger partial charge in [0.15, 0.2) is 5.69 Å². The fourth-order valence-corrected chi connectivity index (χ4v) is 6.48. The molecule has 12 heteroatoms. The molecule has 5 rings (SSSR count). The lowest BCUT2D eigenvalue weighted by Gasteiger charge is -2.27. The van der Waals surface area contributed by atoms with E-state index >= 15 is 0 Å². The lowest BCUT2D eigenvalue weighted by atomic mass is 10.0. The fourth-order valence-electron chi connectivity index (χ4n) is 4.32. The maximum atomic E-state index is 13.3. The summed E-state index contributed by atoms with van der Waals surface area (Å²) < 4.78 is 40.0. The zero-order valence-corrected chi connectivity index (χ0v) is 21.3. The molecule has 1 amide bonds. The van der Waals surface area contributed by atoms with Crippen molar-refractivity contribution in [3.8, 4) is 0 Å². The summed E-state index contributed by atoms with van der Waals surface area (Å²) in [5.74, 6) is 0.529. The number of fused-ring (bicyclic) bond motifs is 2. The van der Waals surface area contributed by atoms with E-state index in [1.54, 1.807) is 18.7 Å². The molecule has 0 aliphatic carbocycles. The van der Waals surface area contributed by atoms with Crippen LogP contribution in [-0.4, -0.2) is 37.5 Å². The number of aryl methyl sites for hydroxylation is 3. The Kier molecular flexibility index (Phi) is 6.19. The maximum absolute atomic E-state index is 13.3. The van der Waals surface area contributed by atoms with Gasteiger partial charge in [0.25, 0.3) is 11.5 Å². The summed E-state index contributed by atoms with van der Waals surface area (Å²) in [6.45, 7) is 5.76. The first kappa shape index (κ1) is 24.6. The maximum Gasteiger partial charge on any atom is 0.435 e. The molecule has 0 saturated heterocycles. The Morgan fingerprint density at radius 3 is 2.78 bits per heavy atom. The van der Waals surface area contributed by atoms with Gasteiger partial charge >= 0.3 is 6.18 Å². The van der Waals surface area contributed by atoms with Gasteiger partial charge < -0.3 is 9.88 Å². The van der Waals surface area contributed by atoms with Gasteiger partial charge in [0.05, 0.1) is 16.0 Å². The molecule has 4 aromatic rings. The highest BCUT2D eigenvalue weighted by Gasteiger charge is 2.40. The molecule has 1 aliphatic heterocycles. The highest BCUT2D eigenvalue weighted by atomic mass is 32.2. The molecular formula is C24H22F3N5O2S2. The van der Waals surface area contributed by atoms with Gasteiger partial charge in [-0.3, -0.25) is 14.7 Å². The molecule has 3 aromatic heterocycles. The summed E-state index contributed by atoms with van der Waals surface area (Å²) in [6, 6.07) is 6.16. The molecule has 4 heterocycles. The van der Waals surface area contributed by atoms with Crippen molar-refractivity contribution in [2.24, 2.45) is 0 Å². The molecule has 7 nitrogen and oxygen atoms in total. The van der Waals surface area contributed by atoms with Crippen LogP contribution in [0.2, 0.25) is 0 Å². The minimum Gasteiger partial charge on any atom is -0.333 e. The second-order valence-corrected chi connectivity index (χ2v) is 10.8. The van der Waals surface area contributed by atoms with E-state index in [0.29, 0.717) is 37.9 Å². The topological polar surface area (TPSA) is 94.7 Å². The van der Waals surface area contributed by atoms with E-state index in [4.69, 9.17) is 0 Å². The summed E-state index contributed by atoms with van der Waals surface area (Å²) >= 11 is 2.66. The number of benzene rings is 1. The van der Waals surface area contributed by atoms with E-state index in [-0.39, 0.29) is 30.6 Å². The van der Waals surface area contributed by atoms with Crippen LogP contribution in [-0.2, 0) is 24.9 Å². The predicted octanol–water partition coefficient (Wildman–Crippen LogP) is 5.14. The van der Waals surface area contributed by atoms with Gasteiger partial charge in [0, 0.05) is 35.7 Å². The largest absolute Gasteiger partial charge is 0.435 e. The number of nitrogens with one attached hydrogen (secondary N) is 2. The standard InChI is InChI=1S/C24H22F3N5O2S2/c1-11-4-5-12(2)16(8-11)35-10-17-28-21(33)18-13(3)19(36-22(18)29-17)23(34)32-7-6-15-14(9-32)20(31-30-15)24(25,26)27/h4-5,8H,6-7,9-10H2,1-3H3,(H,30,31)(H,28,29,33). The van der Waals surface area contributed by atoms with Crippen LogP contribution in [0.15, 0.2) is 27.9 Å². The number of rotatable bonds is 4. The number of H-pyrrole nitrogens is 2. The number of halogens is 3. The number of carbonyl (C=O) groups excluding carboxylic acids is 1. The number of aromatic nitrogens is 4. The van der Waals surface area contributed by atoms with Gasteiger partial charge in [-0.05, 0) is 38.0 Å². The quantitative estimate of drug-likeness (QED) is 0.354. The number of thioether (sulfide) groups is 1. The van der Waals surface area contributed by atoms with Gasteiger partial charge in [-0.15, -0.1) is 23.1 Å². The highest BCUT2D eigenvalue weighted by molar-refractivity contribution is 7.98. The number of amides is 1. The fraction of sp³-hybridized carbons (Fsp3) is 0.333. The van der Waals surface area contributed by atoms with Crippen molar-refractivity contribution in [2.45, 2.75) is 50.6 Å². The van der Waals surface area contributed by atoms with Crippen molar-refractivity contribution in [3.05, 3.63) is 72.9 Å². The van der Waals surface area contributed by atoms with Gasteiger partial charge in [-0.1, -0.05) is 17.7 Å². The van der Waals surface area contributed by atoms with E-state index in [1.807, 2.05) is 26.0 Å². The molecule has 0 radical (unpaired) electrons. The van der Waals surface area contributed by atoms with Crippen LogP contribution >= 0.6 is 23.1 Å². The number of hydrogen-bond donors (Lipinski definition) is 2. The van der Waals surface area contributed by atoms with Crippen molar-refractivity contribution < 1.29 is 18.0 Å². The minimum absolute atomic E-state index is 0.0115. The smallest absolute Gasteiger partial charge is 0.333 e. The van der Waals surface area contributed by atoms with Crippen LogP contribution in [0.5, 0.6) is 0 Å². The van der Waals surface area contributed by atoms with Crippen LogP contribution in [0.4, 0.5) is 13.2 Å². The summed E-state index contributed by atoms with van der Waals surface area (Å²) in [5.41, 5.74) is 1.80. The van der Waals surface area contributed by atoms with E-state index in [9.17, 15) is 22.8 Å². The Hall–Kier alpha value is -3.12. The van der Waals surface area contributed by atoms with Crippen LogP contribution in [0, 0.1) is 20.8 Å². The lowest BCUT2D eigenvalue weighted by molar-refractivity contribution is -0.142. The summed E-state index contributed by atoms with van der Waals surface area (Å²) in [5, 5.41) is 6.20. The van der Waals surface area contributed by atoms with Crippen LogP contribution < -0.4 is 5.56 Å². The minimum atomic E-state index is -4.60. The van der Waals surface area contributed by atoms with Crippen molar-refractivity contribution in [2.75, 3.05) is 6.54 Å². The van der Waals surface area contributed by atoms with Crippen molar-refractivity contribution in [3.63, 3.8) is 0 Å². The number of nitrogens with zero attached hydrogens (tertiary/aromatic N) is 3. The highest BCUT2D eigenvalue weighted by Crippen LogP contribution is 2.35. The van der Waals surface area contributed by atoms with E-state index < -0.39 is 17.8 Å². The molecule has 188 valence electrons. The molecule has 1 aromatic carbocycles. The molecule has 2 N–H and O–H groups in total. The van der Waals surface area contributed by atoms with Gasteiger partial charge in [-0.25, -0.2) is 4.98 Å². The van der Waals surface area contributed by atoms with E-state index in [2.05, 4.69) is 26.2 Å². The molecule has 0 bridgehead atoms. The third-order valence-electron chi connectivity index (χ3n) is 6.24. The summed E-state index contributed by atoms with van der Waals surface area (Å²) in [6.07, 6.45) is -4.36. The lowest BCUT2D eigenvalue weighted by Crippen LogP contribution is -2.36. The number of hydrogen-bond acceptors (Lipinski definition) is 6. The third-order valence-corrected chi connectivity index (χ3v) is 8.58. The molecule has 0 spiro atoms. The van der Waals surface area contributed by atoms with Crippen molar-refractivity contribution >= 4 is 39.2 Å². The van der Waals surface area contributed by atoms with Crippen LogP contribution in [0.1, 0.15) is 49.1 Å². The first-order chi connectivity index (χ1) is 17.0. The average Bonchev–Trinajstić information content (AvgIpc) is 3.40. The Morgan fingerprint density at radius 1 is 1.25 bits per heavy atom. The predicted molar refractivity (Wildman–Crippen MR) is 132 cm³/mol. The molecular weight excluding hydrogens is 511 g/mol. The van der Waals surface area contributed by atoms with E-state index in [0.717, 1.165) is 27.4 Å².